The average Bonchev–Trinajstić information content (AvgIpc) is 3.37. The van der Waals surface area contributed by atoms with Crippen molar-refractivity contribution in [1.29, 1.82) is 0 Å². The summed E-state index contributed by atoms with van der Waals surface area (Å²) in [5.41, 5.74) is 1.50. The highest BCUT2D eigenvalue weighted by Gasteiger charge is 2.32. The highest BCUT2D eigenvalue weighted by Crippen LogP contribution is 2.37. The molecule has 2 fully saturated rings. The fourth-order valence-electron chi connectivity index (χ4n) is 3.70. The van der Waals surface area contributed by atoms with Crippen LogP contribution in [0.1, 0.15) is 31.1 Å². The van der Waals surface area contributed by atoms with Crippen LogP contribution < -0.4 is 4.90 Å². The van der Waals surface area contributed by atoms with Crippen LogP contribution in [-0.2, 0) is 10.0 Å². The number of sulfonamides is 1. The van der Waals surface area contributed by atoms with Gasteiger partial charge in [0.25, 0.3) is 15.9 Å². The molecule has 0 bridgehead atoms. The fraction of sp³-hybridized carbons (Fsp3) is 0.400. The number of benzene rings is 1. The molecule has 0 N–H and O–H groups in total. The number of furan rings is 1. The van der Waals surface area contributed by atoms with Crippen molar-refractivity contribution in [3.63, 3.8) is 0 Å². The van der Waals surface area contributed by atoms with Gasteiger partial charge < -0.3 is 13.7 Å². The molecular weight excluding hydrogens is 428 g/mol. The molecule has 0 spiro atoms. The van der Waals surface area contributed by atoms with Gasteiger partial charge in [-0.05, 0) is 37.1 Å². The molecule has 30 heavy (non-hydrogen) atoms. The first-order valence-corrected chi connectivity index (χ1v) is 11.8. The van der Waals surface area contributed by atoms with Crippen LogP contribution in [0, 0.1) is 0 Å². The zero-order valence-corrected chi connectivity index (χ0v) is 17.8. The zero-order valence-electron chi connectivity index (χ0n) is 16.2. The minimum Gasteiger partial charge on any atom is -0.451 e. The molecule has 0 radical (unpaired) electrons. The number of hydrogen-bond acceptors (Lipinski definition) is 7. The molecule has 5 rings (SSSR count). The van der Waals surface area contributed by atoms with E-state index in [9.17, 15) is 8.42 Å². The van der Waals surface area contributed by atoms with Gasteiger partial charge >= 0.3 is 0 Å². The van der Waals surface area contributed by atoms with Gasteiger partial charge in [-0.2, -0.15) is 4.31 Å². The van der Waals surface area contributed by atoms with Crippen molar-refractivity contribution in [3.8, 4) is 11.5 Å². The molecule has 1 saturated carbocycles. The monoisotopic (exact) mass is 448 g/mol. The van der Waals surface area contributed by atoms with E-state index in [1.807, 2.05) is 24.3 Å². The standard InChI is InChI=1S/C20H21ClN4O4S/c21-16-4-6-17(7-5-16)24-8-10-25(11-9-24)30(26,27)18-12-15(13-28-18)20-23-22-19(29-20)14-2-1-3-14/h4-7,12-14H,1-3,8-11H2. The molecule has 0 unspecified atom stereocenters. The first-order valence-electron chi connectivity index (χ1n) is 9.94. The topological polar surface area (TPSA) is 92.7 Å². The van der Waals surface area contributed by atoms with Gasteiger partial charge in [-0.25, -0.2) is 8.42 Å². The summed E-state index contributed by atoms with van der Waals surface area (Å²) in [6.45, 7) is 1.91. The molecule has 3 aromatic rings. The Balaban J connectivity index is 1.28. The van der Waals surface area contributed by atoms with Crippen molar-refractivity contribution in [3.05, 3.63) is 47.5 Å². The molecular formula is C20H21ClN4O4S. The molecule has 2 aromatic heterocycles. The van der Waals surface area contributed by atoms with Gasteiger partial charge in [0, 0.05) is 48.9 Å². The highest BCUT2D eigenvalue weighted by atomic mass is 35.5. The molecule has 8 nitrogen and oxygen atoms in total. The van der Waals surface area contributed by atoms with E-state index in [-0.39, 0.29) is 11.0 Å². The van der Waals surface area contributed by atoms with Gasteiger partial charge in [0.2, 0.25) is 11.0 Å². The number of anilines is 1. The van der Waals surface area contributed by atoms with Gasteiger partial charge in [0.15, 0.2) is 0 Å². The lowest BCUT2D eigenvalue weighted by Crippen LogP contribution is -2.48. The molecule has 10 heteroatoms. The number of piperazine rings is 1. The van der Waals surface area contributed by atoms with E-state index in [1.54, 1.807) is 0 Å². The third kappa shape index (κ3) is 3.61. The van der Waals surface area contributed by atoms with Crippen molar-refractivity contribution in [2.45, 2.75) is 30.3 Å². The maximum Gasteiger partial charge on any atom is 0.276 e. The summed E-state index contributed by atoms with van der Waals surface area (Å²) in [5.74, 6) is 1.22. The Labute approximate surface area is 179 Å². The smallest absolute Gasteiger partial charge is 0.276 e. The van der Waals surface area contributed by atoms with Crippen LogP contribution in [0.25, 0.3) is 11.5 Å². The van der Waals surface area contributed by atoms with E-state index in [0.29, 0.717) is 48.6 Å². The van der Waals surface area contributed by atoms with Crippen molar-refractivity contribution < 1.29 is 17.3 Å². The molecule has 3 heterocycles. The maximum absolute atomic E-state index is 13.0. The van der Waals surface area contributed by atoms with Crippen LogP contribution in [0.15, 0.2) is 50.5 Å². The number of nitrogens with zero attached hydrogens (tertiary/aromatic N) is 4. The summed E-state index contributed by atoms with van der Waals surface area (Å²) in [5, 5.41) is 8.70. The van der Waals surface area contributed by atoms with Crippen molar-refractivity contribution >= 4 is 27.3 Å². The third-order valence-corrected chi connectivity index (χ3v) is 7.76. The first kappa shape index (κ1) is 19.6. The second kappa shape index (κ2) is 7.72. The zero-order chi connectivity index (χ0) is 20.7. The second-order valence-electron chi connectivity index (χ2n) is 7.60. The van der Waals surface area contributed by atoms with Gasteiger partial charge in [-0.1, -0.05) is 18.0 Å². The van der Waals surface area contributed by atoms with Gasteiger partial charge in [0.05, 0.1) is 5.56 Å². The molecule has 158 valence electrons. The summed E-state index contributed by atoms with van der Waals surface area (Å²) in [4.78, 5) is 2.14. The molecule has 1 saturated heterocycles. The molecule has 2 aliphatic rings. The molecule has 1 aliphatic carbocycles. The van der Waals surface area contributed by atoms with Crippen LogP contribution in [0.4, 0.5) is 5.69 Å². The normalized spacial score (nSPS) is 18.5. The SMILES string of the molecule is O=S(=O)(c1cc(-c2nnc(C3CCC3)o2)co1)N1CCN(c2ccc(Cl)cc2)CC1. The van der Waals surface area contributed by atoms with Crippen molar-refractivity contribution in [2.24, 2.45) is 0 Å². The lowest BCUT2D eigenvalue weighted by Gasteiger charge is -2.34. The Bertz CT molecular complexity index is 1130. The Morgan fingerprint density at radius 3 is 2.43 bits per heavy atom. The first-order chi connectivity index (χ1) is 14.5. The Hall–Kier alpha value is -2.36. The minimum absolute atomic E-state index is 0.110. The molecule has 0 atom stereocenters. The quantitative estimate of drug-likeness (QED) is 0.586. The van der Waals surface area contributed by atoms with Gasteiger partial charge in [-0.15, -0.1) is 10.2 Å². The summed E-state index contributed by atoms with van der Waals surface area (Å²) in [6, 6.07) is 9.00. The van der Waals surface area contributed by atoms with Crippen LogP contribution in [-0.4, -0.2) is 49.1 Å². The van der Waals surface area contributed by atoms with Crippen molar-refractivity contribution in [1.82, 2.24) is 14.5 Å². The minimum atomic E-state index is -3.74. The second-order valence-corrected chi connectivity index (χ2v) is 9.90. The third-order valence-electron chi connectivity index (χ3n) is 5.74. The Morgan fingerprint density at radius 1 is 1.03 bits per heavy atom. The lowest BCUT2D eigenvalue weighted by atomic mass is 9.85. The highest BCUT2D eigenvalue weighted by molar-refractivity contribution is 7.89. The van der Waals surface area contributed by atoms with E-state index >= 15 is 0 Å². The maximum atomic E-state index is 13.0. The summed E-state index contributed by atoms with van der Waals surface area (Å²) in [6.07, 6.45) is 4.62. The van der Waals surface area contributed by atoms with E-state index in [4.69, 9.17) is 20.4 Å². The van der Waals surface area contributed by atoms with Gasteiger partial charge in [-0.3, -0.25) is 0 Å². The Kier molecular flexibility index (Phi) is 5.04. The van der Waals surface area contributed by atoms with E-state index in [1.165, 1.54) is 23.1 Å². The molecule has 1 aliphatic heterocycles. The number of hydrogen-bond donors (Lipinski definition) is 0. The summed E-state index contributed by atoms with van der Waals surface area (Å²) in [7, 11) is -3.74. The predicted molar refractivity (Wildman–Crippen MR) is 111 cm³/mol. The number of halogens is 1. The number of aromatic nitrogens is 2. The van der Waals surface area contributed by atoms with E-state index in [0.717, 1.165) is 18.5 Å². The van der Waals surface area contributed by atoms with Crippen LogP contribution >= 0.6 is 11.6 Å². The fourth-order valence-corrected chi connectivity index (χ4v) is 5.17. The average molecular weight is 449 g/mol. The largest absolute Gasteiger partial charge is 0.451 e. The summed E-state index contributed by atoms with van der Waals surface area (Å²) < 4.78 is 38.6. The molecule has 0 amide bonds. The van der Waals surface area contributed by atoms with E-state index in [2.05, 4.69) is 15.1 Å². The Morgan fingerprint density at radius 2 is 1.77 bits per heavy atom. The van der Waals surface area contributed by atoms with Gasteiger partial charge in [0.1, 0.15) is 6.26 Å². The van der Waals surface area contributed by atoms with Crippen LogP contribution in [0.3, 0.4) is 0 Å². The van der Waals surface area contributed by atoms with Crippen LogP contribution in [0.2, 0.25) is 5.02 Å². The summed E-state index contributed by atoms with van der Waals surface area (Å²) >= 11 is 5.94. The van der Waals surface area contributed by atoms with E-state index < -0.39 is 10.0 Å². The van der Waals surface area contributed by atoms with Crippen molar-refractivity contribution in [2.75, 3.05) is 31.1 Å². The lowest BCUT2D eigenvalue weighted by molar-refractivity contribution is 0.338. The molecule has 1 aromatic carbocycles. The predicted octanol–water partition coefficient (Wildman–Crippen LogP) is 3.76. The van der Waals surface area contributed by atoms with Crippen LogP contribution in [0.5, 0.6) is 0 Å². The number of rotatable bonds is 5.